The van der Waals surface area contributed by atoms with Crippen molar-refractivity contribution in [1.82, 2.24) is 9.88 Å². The van der Waals surface area contributed by atoms with E-state index >= 15 is 0 Å². The quantitative estimate of drug-likeness (QED) is 0.839. The van der Waals surface area contributed by atoms with Gasteiger partial charge in [-0.2, -0.15) is 0 Å². The molecular formula is C20H23FN2O2. The number of halogens is 1. The van der Waals surface area contributed by atoms with Crippen LogP contribution in [0, 0.1) is 11.7 Å². The molecular weight excluding hydrogens is 319 g/mol. The number of amides is 1. The normalized spacial score (nSPS) is 20.5. The van der Waals surface area contributed by atoms with Crippen LogP contribution in [-0.2, 0) is 22.4 Å². The predicted molar refractivity (Wildman–Crippen MR) is 93.5 cm³/mol. The Bertz CT molecular complexity index is 708. The van der Waals surface area contributed by atoms with Gasteiger partial charge >= 0.3 is 0 Å². The highest BCUT2D eigenvalue weighted by molar-refractivity contribution is 5.78. The molecule has 2 heterocycles. The summed E-state index contributed by atoms with van der Waals surface area (Å²) in [5.41, 5.74) is 1.94. The summed E-state index contributed by atoms with van der Waals surface area (Å²) in [4.78, 5) is 18.4. The van der Waals surface area contributed by atoms with E-state index in [4.69, 9.17) is 4.74 Å². The topological polar surface area (TPSA) is 42.4 Å². The summed E-state index contributed by atoms with van der Waals surface area (Å²) in [5.74, 6) is 0.186. The zero-order chi connectivity index (χ0) is 17.6. The van der Waals surface area contributed by atoms with E-state index in [-0.39, 0.29) is 23.7 Å². The highest BCUT2D eigenvalue weighted by Crippen LogP contribution is 2.25. The lowest BCUT2D eigenvalue weighted by Crippen LogP contribution is -2.48. The van der Waals surface area contributed by atoms with Crippen molar-refractivity contribution >= 4 is 5.91 Å². The second kappa shape index (κ2) is 8.21. The summed E-state index contributed by atoms with van der Waals surface area (Å²) in [6.07, 6.45) is 5.38. The fraction of sp³-hybridized carbons (Fsp3) is 0.400. The van der Waals surface area contributed by atoms with Crippen molar-refractivity contribution in [2.45, 2.75) is 25.4 Å². The third kappa shape index (κ3) is 4.63. The van der Waals surface area contributed by atoms with Crippen LogP contribution in [0.5, 0.6) is 0 Å². The molecule has 3 rings (SSSR count). The number of piperidine rings is 1. The second-order valence-corrected chi connectivity index (χ2v) is 6.53. The highest BCUT2D eigenvalue weighted by Gasteiger charge is 2.31. The van der Waals surface area contributed by atoms with E-state index in [0.717, 1.165) is 24.0 Å². The van der Waals surface area contributed by atoms with Gasteiger partial charge in [0.2, 0.25) is 5.91 Å². The highest BCUT2D eigenvalue weighted by atomic mass is 19.1. The maximum Gasteiger partial charge on any atom is 0.227 e. The number of nitrogens with zero attached hydrogens (tertiary/aromatic N) is 2. The molecule has 0 N–H and O–H groups in total. The molecule has 1 fully saturated rings. The summed E-state index contributed by atoms with van der Waals surface area (Å²) >= 11 is 0. The number of likely N-dealkylation sites (tertiary alicyclic amines) is 1. The van der Waals surface area contributed by atoms with Gasteiger partial charge in [-0.15, -0.1) is 0 Å². The van der Waals surface area contributed by atoms with Crippen LogP contribution >= 0.6 is 0 Å². The van der Waals surface area contributed by atoms with Crippen LogP contribution in [0.3, 0.4) is 0 Å². The molecule has 1 saturated heterocycles. The van der Waals surface area contributed by atoms with Crippen LogP contribution in [0.2, 0.25) is 0 Å². The molecule has 132 valence electrons. The first-order chi connectivity index (χ1) is 12.2. The molecule has 1 amide bonds. The molecule has 1 aliphatic rings. The van der Waals surface area contributed by atoms with E-state index in [0.29, 0.717) is 19.5 Å². The minimum atomic E-state index is -0.212. The van der Waals surface area contributed by atoms with E-state index in [1.807, 2.05) is 23.1 Å². The van der Waals surface area contributed by atoms with Crippen molar-refractivity contribution in [3.63, 3.8) is 0 Å². The number of hydrogen-bond donors (Lipinski definition) is 0. The van der Waals surface area contributed by atoms with Gasteiger partial charge in [0.1, 0.15) is 5.82 Å². The first-order valence-electron chi connectivity index (χ1n) is 8.59. The molecule has 0 saturated carbocycles. The standard InChI is InChI=1S/C20H23FN2O2/c1-25-19-14-23(20(24)13-15-5-8-22-9-6-15)10-7-17(19)11-16-3-2-4-18(21)12-16/h2-6,8-9,12,17,19H,7,10-11,13-14H2,1H3/t17-,19-/m1/s1. The van der Waals surface area contributed by atoms with Crippen molar-refractivity contribution in [3.8, 4) is 0 Å². The van der Waals surface area contributed by atoms with Crippen molar-refractivity contribution < 1.29 is 13.9 Å². The van der Waals surface area contributed by atoms with Gasteiger partial charge in [0, 0.05) is 32.6 Å². The summed E-state index contributed by atoms with van der Waals surface area (Å²) < 4.78 is 19.0. The number of benzene rings is 1. The average molecular weight is 342 g/mol. The number of aromatic nitrogens is 1. The van der Waals surface area contributed by atoms with Crippen LogP contribution in [-0.4, -0.2) is 42.1 Å². The van der Waals surface area contributed by atoms with Crippen LogP contribution < -0.4 is 0 Å². The lowest BCUT2D eigenvalue weighted by Gasteiger charge is -2.38. The molecule has 0 aliphatic carbocycles. The molecule has 2 aromatic rings. The summed E-state index contributed by atoms with van der Waals surface area (Å²) in [6.45, 7) is 1.30. The largest absolute Gasteiger partial charge is 0.379 e. The Balaban J connectivity index is 1.60. The maximum absolute atomic E-state index is 13.4. The predicted octanol–water partition coefficient (Wildman–Crippen LogP) is 2.87. The molecule has 0 unspecified atom stereocenters. The number of ether oxygens (including phenoxy) is 1. The van der Waals surface area contributed by atoms with Crippen LogP contribution in [0.15, 0.2) is 48.8 Å². The molecule has 0 bridgehead atoms. The maximum atomic E-state index is 13.4. The zero-order valence-electron chi connectivity index (χ0n) is 14.4. The molecule has 1 aromatic carbocycles. The number of pyridine rings is 1. The zero-order valence-corrected chi connectivity index (χ0v) is 14.4. The van der Waals surface area contributed by atoms with Crippen molar-refractivity contribution in [1.29, 1.82) is 0 Å². The average Bonchev–Trinajstić information content (AvgIpc) is 2.63. The molecule has 2 atom stereocenters. The van der Waals surface area contributed by atoms with Gasteiger partial charge in [-0.05, 0) is 54.2 Å². The molecule has 0 spiro atoms. The number of methoxy groups -OCH3 is 1. The van der Waals surface area contributed by atoms with Gasteiger partial charge in [0.05, 0.1) is 12.5 Å². The molecule has 5 heteroatoms. The van der Waals surface area contributed by atoms with Crippen molar-refractivity contribution in [3.05, 3.63) is 65.7 Å². The van der Waals surface area contributed by atoms with E-state index in [2.05, 4.69) is 4.98 Å². The Morgan fingerprint density at radius 2 is 2.08 bits per heavy atom. The number of carbonyl (C=O) groups is 1. The van der Waals surface area contributed by atoms with Gasteiger partial charge in [-0.3, -0.25) is 9.78 Å². The van der Waals surface area contributed by atoms with E-state index in [1.165, 1.54) is 6.07 Å². The minimum absolute atomic E-state index is 0.0293. The Morgan fingerprint density at radius 3 is 2.80 bits per heavy atom. The third-order valence-corrected chi connectivity index (χ3v) is 4.84. The minimum Gasteiger partial charge on any atom is -0.379 e. The SMILES string of the molecule is CO[C@@H]1CN(C(=O)Cc2ccncc2)CC[C@@H]1Cc1cccc(F)c1. The Kier molecular flexibility index (Phi) is 5.76. The monoisotopic (exact) mass is 342 g/mol. The van der Waals surface area contributed by atoms with Crippen LogP contribution in [0.4, 0.5) is 4.39 Å². The van der Waals surface area contributed by atoms with E-state index < -0.39 is 0 Å². The fourth-order valence-corrected chi connectivity index (χ4v) is 3.45. The van der Waals surface area contributed by atoms with Crippen molar-refractivity contribution in [2.24, 2.45) is 5.92 Å². The Hall–Kier alpha value is -2.27. The van der Waals surface area contributed by atoms with Gasteiger partial charge in [-0.25, -0.2) is 4.39 Å². The van der Waals surface area contributed by atoms with E-state index in [1.54, 1.807) is 31.6 Å². The van der Waals surface area contributed by atoms with Gasteiger partial charge in [-0.1, -0.05) is 12.1 Å². The molecule has 1 aliphatic heterocycles. The number of carbonyl (C=O) groups excluding carboxylic acids is 1. The van der Waals surface area contributed by atoms with Crippen molar-refractivity contribution in [2.75, 3.05) is 20.2 Å². The number of rotatable bonds is 5. The first kappa shape index (κ1) is 17.5. The Morgan fingerprint density at radius 1 is 1.28 bits per heavy atom. The lowest BCUT2D eigenvalue weighted by molar-refractivity contribution is -0.135. The van der Waals surface area contributed by atoms with Gasteiger partial charge in [0.25, 0.3) is 0 Å². The lowest BCUT2D eigenvalue weighted by atomic mass is 9.87. The van der Waals surface area contributed by atoms with Crippen LogP contribution in [0.25, 0.3) is 0 Å². The van der Waals surface area contributed by atoms with E-state index in [9.17, 15) is 9.18 Å². The Labute approximate surface area is 147 Å². The smallest absolute Gasteiger partial charge is 0.227 e. The van der Waals surface area contributed by atoms with Gasteiger partial charge < -0.3 is 9.64 Å². The van der Waals surface area contributed by atoms with Gasteiger partial charge in [0.15, 0.2) is 0 Å². The second-order valence-electron chi connectivity index (χ2n) is 6.53. The third-order valence-electron chi connectivity index (χ3n) is 4.84. The summed E-state index contributed by atoms with van der Waals surface area (Å²) in [5, 5.41) is 0. The molecule has 4 nitrogen and oxygen atoms in total. The van der Waals surface area contributed by atoms with Crippen LogP contribution in [0.1, 0.15) is 17.5 Å². The fourth-order valence-electron chi connectivity index (χ4n) is 3.45. The summed E-state index contributed by atoms with van der Waals surface area (Å²) in [6, 6.07) is 10.4. The molecule has 25 heavy (non-hydrogen) atoms. The molecule has 0 radical (unpaired) electrons. The first-order valence-corrected chi connectivity index (χ1v) is 8.59. The molecule has 1 aromatic heterocycles. The summed E-state index contributed by atoms with van der Waals surface area (Å²) in [7, 11) is 1.68. The number of hydrogen-bond acceptors (Lipinski definition) is 3.